The molecule has 0 saturated heterocycles. The molecule has 0 radical (unpaired) electrons. The maximum Gasteiger partial charge on any atom is 0.354 e. The molecule has 4 nitrogen and oxygen atoms in total. The molecule has 0 unspecified atom stereocenters. The van der Waals surface area contributed by atoms with Gasteiger partial charge in [-0.25, -0.2) is 9.78 Å². The Hall–Kier alpha value is -2.10. The highest BCUT2D eigenvalue weighted by atomic mass is 16.5. The quantitative estimate of drug-likeness (QED) is 0.836. The third kappa shape index (κ3) is 3.02. The summed E-state index contributed by atoms with van der Waals surface area (Å²) in [5, 5.41) is 9.91. The maximum atomic E-state index is 11.0. The van der Waals surface area contributed by atoms with E-state index in [1.165, 1.54) is 0 Å². The number of carbonyl (C=O) groups is 1. The number of unbranched alkanes of at least 4 members (excludes halogenated alkanes) is 1. The molecule has 2 rings (SSSR count). The van der Waals surface area contributed by atoms with Crippen LogP contribution >= 0.6 is 0 Å². The van der Waals surface area contributed by atoms with Crippen molar-refractivity contribution in [2.24, 2.45) is 0 Å². The fraction of sp³-hybridized carbons (Fsp3) is 0.333. The van der Waals surface area contributed by atoms with Gasteiger partial charge in [0, 0.05) is 5.39 Å². The fourth-order valence-electron chi connectivity index (χ4n) is 1.91. The Labute approximate surface area is 112 Å². The molecular weight excluding hydrogens is 242 g/mol. The Bertz CT molecular complexity index is 608. The zero-order valence-corrected chi connectivity index (χ0v) is 11.1. The summed E-state index contributed by atoms with van der Waals surface area (Å²) in [6, 6.07) is 7.13. The second kappa shape index (κ2) is 5.69. The molecule has 1 N–H and O–H groups in total. The fourth-order valence-corrected chi connectivity index (χ4v) is 1.91. The molecule has 1 aromatic heterocycles. The van der Waals surface area contributed by atoms with Crippen molar-refractivity contribution in [3.63, 3.8) is 0 Å². The standard InChI is InChI=1S/C15H17NO3/c1-3-4-7-19-11-5-6-13-12(9-11)10(2)8-14(16-13)15(17)18/h5-6,8-9H,3-4,7H2,1-2H3,(H,17,18). The van der Waals surface area contributed by atoms with Gasteiger partial charge in [0.05, 0.1) is 12.1 Å². The number of hydrogen-bond donors (Lipinski definition) is 1. The van der Waals surface area contributed by atoms with E-state index < -0.39 is 5.97 Å². The summed E-state index contributed by atoms with van der Waals surface area (Å²) in [5.74, 6) is -0.206. The number of carboxylic acids is 1. The van der Waals surface area contributed by atoms with Gasteiger partial charge in [-0.3, -0.25) is 0 Å². The van der Waals surface area contributed by atoms with Crippen LogP contribution in [0.4, 0.5) is 0 Å². The van der Waals surface area contributed by atoms with Crippen LogP contribution in [0, 0.1) is 6.92 Å². The van der Waals surface area contributed by atoms with Crippen molar-refractivity contribution in [3.8, 4) is 5.75 Å². The Morgan fingerprint density at radius 3 is 2.84 bits per heavy atom. The monoisotopic (exact) mass is 259 g/mol. The van der Waals surface area contributed by atoms with Crippen LogP contribution in [0.25, 0.3) is 10.9 Å². The highest BCUT2D eigenvalue weighted by Crippen LogP contribution is 2.23. The van der Waals surface area contributed by atoms with E-state index in [-0.39, 0.29) is 5.69 Å². The van der Waals surface area contributed by atoms with Gasteiger partial charge >= 0.3 is 5.97 Å². The number of rotatable bonds is 5. The molecule has 0 aliphatic rings. The van der Waals surface area contributed by atoms with Crippen molar-refractivity contribution in [3.05, 3.63) is 35.5 Å². The summed E-state index contributed by atoms with van der Waals surface area (Å²) in [7, 11) is 0. The summed E-state index contributed by atoms with van der Waals surface area (Å²) in [5.41, 5.74) is 1.65. The molecular formula is C15H17NO3. The minimum absolute atomic E-state index is 0.0738. The van der Waals surface area contributed by atoms with Crippen LogP contribution < -0.4 is 4.74 Å². The molecule has 1 heterocycles. The zero-order chi connectivity index (χ0) is 13.8. The van der Waals surface area contributed by atoms with Crippen LogP contribution in [-0.2, 0) is 0 Å². The van der Waals surface area contributed by atoms with Crippen molar-refractivity contribution >= 4 is 16.9 Å². The Kier molecular flexibility index (Phi) is 4.00. The summed E-state index contributed by atoms with van der Waals surface area (Å²) in [6.45, 7) is 4.69. The number of aromatic carboxylic acids is 1. The first-order valence-electron chi connectivity index (χ1n) is 6.39. The van der Waals surface area contributed by atoms with Crippen LogP contribution in [0.3, 0.4) is 0 Å². The van der Waals surface area contributed by atoms with Crippen LogP contribution in [0.5, 0.6) is 5.75 Å². The van der Waals surface area contributed by atoms with Gasteiger partial charge in [0.1, 0.15) is 11.4 Å². The van der Waals surface area contributed by atoms with E-state index in [1.54, 1.807) is 12.1 Å². The zero-order valence-electron chi connectivity index (χ0n) is 11.1. The predicted octanol–water partition coefficient (Wildman–Crippen LogP) is 3.42. The predicted molar refractivity (Wildman–Crippen MR) is 73.8 cm³/mol. The van der Waals surface area contributed by atoms with Crippen molar-refractivity contribution in [2.45, 2.75) is 26.7 Å². The minimum Gasteiger partial charge on any atom is -0.494 e. The van der Waals surface area contributed by atoms with E-state index in [0.717, 1.165) is 29.5 Å². The minimum atomic E-state index is -1.01. The lowest BCUT2D eigenvalue weighted by molar-refractivity contribution is 0.0691. The molecule has 0 bridgehead atoms. The third-order valence-corrected chi connectivity index (χ3v) is 2.97. The topological polar surface area (TPSA) is 59.4 Å². The molecule has 19 heavy (non-hydrogen) atoms. The third-order valence-electron chi connectivity index (χ3n) is 2.97. The van der Waals surface area contributed by atoms with Crippen LogP contribution in [0.15, 0.2) is 24.3 Å². The highest BCUT2D eigenvalue weighted by molar-refractivity contribution is 5.91. The van der Waals surface area contributed by atoms with Crippen LogP contribution in [0.2, 0.25) is 0 Å². The van der Waals surface area contributed by atoms with Gasteiger partial charge in [-0.1, -0.05) is 13.3 Å². The lowest BCUT2D eigenvalue weighted by atomic mass is 10.1. The van der Waals surface area contributed by atoms with Crippen molar-refractivity contribution in [1.82, 2.24) is 4.98 Å². The van der Waals surface area contributed by atoms with Gasteiger partial charge < -0.3 is 9.84 Å². The van der Waals surface area contributed by atoms with Gasteiger partial charge in [-0.05, 0) is 43.2 Å². The smallest absolute Gasteiger partial charge is 0.354 e. The number of hydrogen-bond acceptors (Lipinski definition) is 3. The molecule has 100 valence electrons. The molecule has 0 amide bonds. The van der Waals surface area contributed by atoms with Gasteiger partial charge in [-0.2, -0.15) is 0 Å². The molecule has 4 heteroatoms. The van der Waals surface area contributed by atoms with Crippen molar-refractivity contribution in [2.75, 3.05) is 6.61 Å². The first kappa shape index (κ1) is 13.3. The molecule has 2 aromatic rings. The first-order chi connectivity index (χ1) is 9.11. The number of carboxylic acid groups (broad SMARTS) is 1. The largest absolute Gasteiger partial charge is 0.494 e. The lowest BCUT2D eigenvalue weighted by Gasteiger charge is -2.08. The summed E-state index contributed by atoms with van der Waals surface area (Å²) in [6.07, 6.45) is 2.11. The van der Waals surface area contributed by atoms with E-state index >= 15 is 0 Å². The van der Waals surface area contributed by atoms with E-state index in [9.17, 15) is 4.79 Å². The summed E-state index contributed by atoms with van der Waals surface area (Å²) in [4.78, 5) is 15.1. The number of ether oxygens (including phenoxy) is 1. The SMILES string of the molecule is CCCCOc1ccc2nc(C(=O)O)cc(C)c2c1. The summed E-state index contributed by atoms with van der Waals surface area (Å²) >= 11 is 0. The van der Waals surface area contributed by atoms with Gasteiger partial charge in [0.15, 0.2) is 0 Å². The highest BCUT2D eigenvalue weighted by Gasteiger charge is 2.09. The van der Waals surface area contributed by atoms with E-state index in [2.05, 4.69) is 11.9 Å². The molecule has 0 aliphatic heterocycles. The molecule has 0 fully saturated rings. The summed E-state index contributed by atoms with van der Waals surface area (Å²) < 4.78 is 5.64. The van der Waals surface area contributed by atoms with Gasteiger partial charge in [0.25, 0.3) is 0 Å². The number of nitrogens with zero attached hydrogens (tertiary/aromatic N) is 1. The lowest BCUT2D eigenvalue weighted by Crippen LogP contribution is -2.02. The Morgan fingerprint density at radius 1 is 1.37 bits per heavy atom. The van der Waals surface area contributed by atoms with Gasteiger partial charge in [0.2, 0.25) is 0 Å². The van der Waals surface area contributed by atoms with Crippen LogP contribution in [-0.4, -0.2) is 22.7 Å². The number of fused-ring (bicyclic) bond motifs is 1. The van der Waals surface area contributed by atoms with Crippen molar-refractivity contribution < 1.29 is 14.6 Å². The van der Waals surface area contributed by atoms with Crippen molar-refractivity contribution in [1.29, 1.82) is 0 Å². The molecule has 1 aromatic carbocycles. The number of aryl methyl sites for hydroxylation is 1. The molecule has 0 saturated carbocycles. The van der Waals surface area contributed by atoms with E-state index in [0.29, 0.717) is 12.1 Å². The second-order valence-electron chi connectivity index (χ2n) is 4.51. The average molecular weight is 259 g/mol. The number of aromatic nitrogens is 1. The Balaban J connectivity index is 2.35. The molecule has 0 atom stereocenters. The van der Waals surface area contributed by atoms with E-state index in [4.69, 9.17) is 9.84 Å². The van der Waals surface area contributed by atoms with E-state index in [1.807, 2.05) is 19.1 Å². The second-order valence-corrected chi connectivity index (χ2v) is 4.51. The van der Waals surface area contributed by atoms with Crippen LogP contribution in [0.1, 0.15) is 35.8 Å². The average Bonchev–Trinajstić information content (AvgIpc) is 2.39. The molecule has 0 spiro atoms. The number of pyridine rings is 1. The first-order valence-corrected chi connectivity index (χ1v) is 6.39. The Morgan fingerprint density at radius 2 is 2.16 bits per heavy atom. The number of benzene rings is 1. The molecule has 0 aliphatic carbocycles. The normalized spacial score (nSPS) is 10.6. The van der Waals surface area contributed by atoms with Gasteiger partial charge in [-0.15, -0.1) is 0 Å². The maximum absolute atomic E-state index is 11.0.